The summed E-state index contributed by atoms with van der Waals surface area (Å²) in [4.78, 5) is 29.0. The summed E-state index contributed by atoms with van der Waals surface area (Å²) in [6.45, 7) is 6.49. The number of thioether (sulfide) groups is 1. The maximum atomic E-state index is 13.7. The largest absolute Gasteiger partial charge is 0.352 e. The van der Waals surface area contributed by atoms with Gasteiger partial charge in [0.15, 0.2) is 0 Å². The molecule has 0 aliphatic carbocycles. The van der Waals surface area contributed by atoms with Gasteiger partial charge in [-0.05, 0) is 54.7 Å². The van der Waals surface area contributed by atoms with Gasteiger partial charge in [-0.25, -0.2) is 0 Å². The molecule has 6 heteroatoms. The Morgan fingerprint density at radius 1 is 0.944 bits per heavy atom. The van der Waals surface area contributed by atoms with Crippen molar-refractivity contribution in [3.63, 3.8) is 0 Å². The van der Waals surface area contributed by atoms with Gasteiger partial charge >= 0.3 is 0 Å². The average Bonchev–Trinajstić information content (AvgIpc) is 2.88. The standard InChI is InChI=1S/C30H35BrN2O2S/c1-4-23(3)32-30(35)28(18-24-11-6-5-7-12-24)33(19-26-13-9-8-10-22(26)2)29(34)21-36-20-25-14-16-27(31)17-15-25/h5-17,23,28H,4,18-21H2,1-3H3,(H,32,35)/t23-,28-/m0/s1. The quantitative estimate of drug-likeness (QED) is 0.270. The molecule has 190 valence electrons. The molecule has 0 bridgehead atoms. The van der Waals surface area contributed by atoms with Crippen LogP contribution in [0.2, 0.25) is 0 Å². The van der Waals surface area contributed by atoms with Gasteiger partial charge in [-0.3, -0.25) is 9.59 Å². The van der Waals surface area contributed by atoms with E-state index in [2.05, 4.69) is 33.4 Å². The number of hydrogen-bond acceptors (Lipinski definition) is 3. The lowest BCUT2D eigenvalue weighted by molar-refractivity contribution is -0.139. The van der Waals surface area contributed by atoms with Crippen molar-refractivity contribution in [3.05, 3.63) is 106 Å². The first-order chi connectivity index (χ1) is 17.4. The van der Waals surface area contributed by atoms with Gasteiger partial charge in [0, 0.05) is 29.2 Å². The Balaban J connectivity index is 1.86. The Bertz CT molecular complexity index is 1120. The Morgan fingerprint density at radius 2 is 1.61 bits per heavy atom. The molecule has 0 spiro atoms. The molecule has 0 saturated carbocycles. The van der Waals surface area contributed by atoms with Crippen LogP contribution < -0.4 is 5.32 Å². The molecule has 0 aliphatic rings. The SMILES string of the molecule is CC[C@H](C)NC(=O)[C@H](Cc1ccccc1)N(Cc1ccccc1C)C(=O)CSCc1ccc(Br)cc1. The van der Waals surface area contributed by atoms with E-state index >= 15 is 0 Å². The zero-order valence-corrected chi connectivity index (χ0v) is 23.6. The zero-order valence-electron chi connectivity index (χ0n) is 21.2. The summed E-state index contributed by atoms with van der Waals surface area (Å²) in [5.41, 5.74) is 4.36. The monoisotopic (exact) mass is 566 g/mol. The van der Waals surface area contributed by atoms with Crippen molar-refractivity contribution in [1.82, 2.24) is 10.2 Å². The molecule has 36 heavy (non-hydrogen) atoms. The van der Waals surface area contributed by atoms with Crippen LogP contribution in [0.15, 0.2) is 83.3 Å². The molecule has 0 saturated heterocycles. The molecule has 3 aromatic rings. The maximum absolute atomic E-state index is 13.7. The van der Waals surface area contributed by atoms with E-state index in [0.29, 0.717) is 18.7 Å². The van der Waals surface area contributed by atoms with Crippen molar-refractivity contribution < 1.29 is 9.59 Å². The number of amides is 2. The predicted molar refractivity (Wildman–Crippen MR) is 154 cm³/mol. The van der Waals surface area contributed by atoms with E-state index < -0.39 is 6.04 Å². The van der Waals surface area contributed by atoms with Crippen LogP contribution in [0.25, 0.3) is 0 Å². The second-order valence-corrected chi connectivity index (χ2v) is 11.0. The van der Waals surface area contributed by atoms with Crippen LogP contribution in [0.1, 0.15) is 42.5 Å². The highest BCUT2D eigenvalue weighted by molar-refractivity contribution is 9.10. The first-order valence-corrected chi connectivity index (χ1v) is 14.3. The van der Waals surface area contributed by atoms with Gasteiger partial charge in [0.1, 0.15) is 6.04 Å². The van der Waals surface area contributed by atoms with Crippen LogP contribution in [-0.4, -0.2) is 34.6 Å². The van der Waals surface area contributed by atoms with Crippen molar-refractivity contribution in [2.75, 3.05) is 5.75 Å². The van der Waals surface area contributed by atoms with E-state index in [9.17, 15) is 9.59 Å². The molecule has 3 aromatic carbocycles. The topological polar surface area (TPSA) is 49.4 Å². The predicted octanol–water partition coefficient (Wildman–Crippen LogP) is 6.55. The Labute approximate surface area is 228 Å². The number of carbonyl (C=O) groups is 2. The van der Waals surface area contributed by atoms with E-state index in [-0.39, 0.29) is 17.9 Å². The molecule has 4 nitrogen and oxygen atoms in total. The van der Waals surface area contributed by atoms with E-state index in [1.54, 1.807) is 16.7 Å². The van der Waals surface area contributed by atoms with E-state index in [4.69, 9.17) is 0 Å². The number of halogens is 1. The lowest BCUT2D eigenvalue weighted by atomic mass is 10.0. The van der Waals surface area contributed by atoms with Gasteiger partial charge < -0.3 is 10.2 Å². The molecule has 0 aromatic heterocycles. The highest BCUT2D eigenvalue weighted by Gasteiger charge is 2.31. The zero-order chi connectivity index (χ0) is 25.9. The van der Waals surface area contributed by atoms with Crippen LogP contribution >= 0.6 is 27.7 Å². The van der Waals surface area contributed by atoms with Crippen LogP contribution in [0.3, 0.4) is 0 Å². The molecule has 0 fully saturated rings. The smallest absolute Gasteiger partial charge is 0.243 e. The normalized spacial score (nSPS) is 12.6. The molecule has 0 heterocycles. The third-order valence-electron chi connectivity index (χ3n) is 6.28. The van der Waals surface area contributed by atoms with Crippen molar-refractivity contribution in [2.45, 2.75) is 58.0 Å². The summed E-state index contributed by atoms with van der Waals surface area (Å²) in [5, 5.41) is 3.13. The number of nitrogens with zero attached hydrogens (tertiary/aromatic N) is 1. The van der Waals surface area contributed by atoms with Crippen molar-refractivity contribution in [3.8, 4) is 0 Å². The third kappa shape index (κ3) is 8.52. The minimum atomic E-state index is -0.596. The molecule has 0 unspecified atom stereocenters. The lowest BCUT2D eigenvalue weighted by Crippen LogP contribution is -2.52. The number of rotatable bonds is 12. The van der Waals surface area contributed by atoms with Gasteiger partial charge in [-0.15, -0.1) is 11.8 Å². The van der Waals surface area contributed by atoms with Gasteiger partial charge in [-0.2, -0.15) is 0 Å². The minimum absolute atomic E-state index is 0.0272. The highest BCUT2D eigenvalue weighted by atomic mass is 79.9. The summed E-state index contributed by atoms with van der Waals surface area (Å²) in [5.74, 6) is 0.914. The summed E-state index contributed by atoms with van der Waals surface area (Å²) >= 11 is 5.05. The van der Waals surface area contributed by atoms with E-state index in [1.807, 2.05) is 87.5 Å². The fourth-order valence-electron chi connectivity index (χ4n) is 3.89. The fourth-order valence-corrected chi connectivity index (χ4v) is 5.02. The van der Waals surface area contributed by atoms with E-state index in [1.165, 1.54) is 0 Å². The Kier molecular flexibility index (Phi) is 11.1. The number of carbonyl (C=O) groups excluding carboxylic acids is 2. The minimum Gasteiger partial charge on any atom is -0.352 e. The van der Waals surface area contributed by atoms with Crippen molar-refractivity contribution in [1.29, 1.82) is 0 Å². The van der Waals surface area contributed by atoms with Crippen LogP contribution in [0.5, 0.6) is 0 Å². The van der Waals surface area contributed by atoms with E-state index in [0.717, 1.165) is 38.9 Å². The van der Waals surface area contributed by atoms with Gasteiger partial charge in [0.2, 0.25) is 11.8 Å². The maximum Gasteiger partial charge on any atom is 0.243 e. The van der Waals surface area contributed by atoms with Crippen molar-refractivity contribution >= 4 is 39.5 Å². The summed E-state index contributed by atoms with van der Waals surface area (Å²) in [7, 11) is 0. The molecule has 2 atom stereocenters. The highest BCUT2D eigenvalue weighted by Crippen LogP contribution is 2.21. The molecule has 3 rings (SSSR count). The second-order valence-electron chi connectivity index (χ2n) is 9.09. The molecule has 2 amide bonds. The molecule has 0 aliphatic heterocycles. The number of hydrogen-bond donors (Lipinski definition) is 1. The fraction of sp³-hybridized carbons (Fsp3) is 0.333. The van der Waals surface area contributed by atoms with Crippen LogP contribution in [0.4, 0.5) is 0 Å². The summed E-state index contributed by atoms with van der Waals surface area (Å²) in [6.07, 6.45) is 1.30. The van der Waals surface area contributed by atoms with Gasteiger partial charge in [0.25, 0.3) is 0 Å². The molecule has 1 N–H and O–H groups in total. The molecular formula is C30H35BrN2O2S. The lowest BCUT2D eigenvalue weighted by Gasteiger charge is -2.32. The van der Waals surface area contributed by atoms with Crippen molar-refractivity contribution in [2.24, 2.45) is 0 Å². The molecule has 0 radical (unpaired) electrons. The van der Waals surface area contributed by atoms with Crippen LogP contribution in [0, 0.1) is 6.92 Å². The van der Waals surface area contributed by atoms with Gasteiger partial charge in [-0.1, -0.05) is 89.6 Å². The first-order valence-electron chi connectivity index (χ1n) is 12.4. The third-order valence-corrected chi connectivity index (χ3v) is 7.80. The number of aryl methyl sites for hydroxylation is 1. The summed E-state index contributed by atoms with van der Waals surface area (Å²) < 4.78 is 1.04. The number of nitrogens with one attached hydrogen (secondary N) is 1. The van der Waals surface area contributed by atoms with Crippen LogP contribution in [-0.2, 0) is 28.3 Å². The first kappa shape index (κ1) is 28.0. The number of benzene rings is 3. The van der Waals surface area contributed by atoms with Gasteiger partial charge in [0.05, 0.1) is 5.75 Å². The Hall–Kier alpha value is -2.57. The Morgan fingerprint density at radius 3 is 2.28 bits per heavy atom. The second kappa shape index (κ2) is 14.2. The molecular weight excluding hydrogens is 532 g/mol. The average molecular weight is 568 g/mol. The summed E-state index contributed by atoms with van der Waals surface area (Å²) in [6, 6.07) is 25.6.